The van der Waals surface area contributed by atoms with Gasteiger partial charge in [0.1, 0.15) is 17.4 Å². The van der Waals surface area contributed by atoms with Gasteiger partial charge >= 0.3 is 0 Å². The van der Waals surface area contributed by atoms with E-state index >= 15 is 0 Å². The molecule has 1 unspecified atom stereocenters. The average Bonchev–Trinajstić information content (AvgIpc) is 2.44. The first-order valence-corrected chi connectivity index (χ1v) is 7.33. The normalized spacial score (nSPS) is 12.2. The molecular weight excluding hydrogens is 326 g/mol. The number of halogens is 3. The van der Waals surface area contributed by atoms with E-state index in [9.17, 15) is 8.78 Å². The quantitative estimate of drug-likeness (QED) is 0.692. The van der Waals surface area contributed by atoms with E-state index in [0.717, 1.165) is 11.3 Å². The molecule has 20 heavy (non-hydrogen) atoms. The molecule has 0 aliphatic heterocycles. The molecule has 2 aromatic rings. The Hall–Kier alpha value is -1.42. The van der Waals surface area contributed by atoms with E-state index < -0.39 is 11.6 Å². The number of para-hydroxylation sites is 1. The van der Waals surface area contributed by atoms with E-state index in [1.54, 1.807) is 0 Å². The summed E-state index contributed by atoms with van der Waals surface area (Å²) in [6.45, 7) is 2.45. The van der Waals surface area contributed by atoms with Crippen LogP contribution in [0.2, 0.25) is 0 Å². The third kappa shape index (κ3) is 3.37. The second kappa shape index (κ2) is 6.84. The highest BCUT2D eigenvalue weighted by Gasteiger charge is 2.18. The summed E-state index contributed by atoms with van der Waals surface area (Å²) in [6, 6.07) is 11.4. The van der Waals surface area contributed by atoms with Crippen molar-refractivity contribution in [3.63, 3.8) is 0 Å². The molecule has 0 aromatic heterocycles. The maximum absolute atomic E-state index is 13.7. The molecule has 0 radical (unpaired) electrons. The number of hydrogen-bond acceptors (Lipinski definition) is 1. The summed E-state index contributed by atoms with van der Waals surface area (Å²) in [7, 11) is 0. The Morgan fingerprint density at radius 2 is 1.70 bits per heavy atom. The zero-order chi connectivity index (χ0) is 14.5. The van der Waals surface area contributed by atoms with Crippen LogP contribution in [-0.4, -0.2) is 6.61 Å². The molecule has 0 saturated carbocycles. The van der Waals surface area contributed by atoms with Gasteiger partial charge in [-0.2, -0.15) is 0 Å². The lowest BCUT2D eigenvalue weighted by atomic mass is 10.0. The minimum Gasteiger partial charge on any atom is -0.494 e. The Bertz CT molecular complexity index is 566. The highest BCUT2D eigenvalue weighted by atomic mass is 79.9. The van der Waals surface area contributed by atoms with Gasteiger partial charge < -0.3 is 4.74 Å². The van der Waals surface area contributed by atoms with Crippen LogP contribution >= 0.6 is 15.9 Å². The van der Waals surface area contributed by atoms with Gasteiger partial charge in [-0.1, -0.05) is 40.2 Å². The summed E-state index contributed by atoms with van der Waals surface area (Å²) in [6.07, 6.45) is 0.225. The van der Waals surface area contributed by atoms with Crippen molar-refractivity contribution in [2.24, 2.45) is 0 Å². The molecule has 0 bridgehead atoms. The number of hydrogen-bond donors (Lipinski definition) is 0. The van der Waals surface area contributed by atoms with Gasteiger partial charge in [0.15, 0.2) is 0 Å². The molecule has 0 N–H and O–H groups in total. The van der Waals surface area contributed by atoms with Crippen LogP contribution < -0.4 is 4.74 Å². The molecule has 0 fully saturated rings. The average molecular weight is 341 g/mol. The molecule has 0 spiro atoms. The van der Waals surface area contributed by atoms with Crippen LogP contribution in [0.25, 0.3) is 0 Å². The fraction of sp³-hybridized carbons (Fsp3) is 0.250. The second-order valence-corrected chi connectivity index (χ2v) is 5.45. The lowest BCUT2D eigenvalue weighted by Crippen LogP contribution is -2.04. The van der Waals surface area contributed by atoms with Crippen molar-refractivity contribution in [2.45, 2.75) is 18.2 Å². The summed E-state index contributed by atoms with van der Waals surface area (Å²) in [4.78, 5) is -0.211. The van der Waals surface area contributed by atoms with Crippen LogP contribution in [-0.2, 0) is 6.42 Å². The van der Waals surface area contributed by atoms with E-state index in [4.69, 9.17) is 4.74 Å². The van der Waals surface area contributed by atoms with Gasteiger partial charge in [-0.25, -0.2) is 8.78 Å². The Morgan fingerprint density at radius 1 is 1.05 bits per heavy atom. The number of ether oxygens (including phenoxy) is 1. The monoisotopic (exact) mass is 340 g/mol. The van der Waals surface area contributed by atoms with Crippen molar-refractivity contribution >= 4 is 15.9 Å². The standard InChI is InChI=1S/C16H15BrF2O/c1-2-20-16-9-4-3-6-11(16)13(17)10-12-14(18)7-5-8-15(12)19/h3-9,13H,2,10H2,1H3. The molecule has 0 aliphatic carbocycles. The minimum absolute atomic E-state index is 0.0840. The fourth-order valence-corrected chi connectivity index (χ4v) is 2.74. The zero-order valence-electron chi connectivity index (χ0n) is 11.1. The lowest BCUT2D eigenvalue weighted by Gasteiger charge is -2.16. The molecule has 1 atom stereocenters. The minimum atomic E-state index is -0.525. The highest BCUT2D eigenvalue weighted by molar-refractivity contribution is 9.09. The molecule has 0 saturated heterocycles. The topological polar surface area (TPSA) is 9.23 Å². The second-order valence-electron chi connectivity index (χ2n) is 4.34. The first kappa shape index (κ1) is 15.0. The summed E-state index contributed by atoms with van der Waals surface area (Å²) in [5.41, 5.74) is 0.970. The third-order valence-corrected chi connectivity index (χ3v) is 3.82. The molecule has 2 aromatic carbocycles. The molecule has 0 aliphatic rings. The van der Waals surface area contributed by atoms with Gasteiger partial charge in [0.05, 0.1) is 6.61 Å². The Morgan fingerprint density at radius 3 is 2.35 bits per heavy atom. The SMILES string of the molecule is CCOc1ccccc1C(Br)Cc1c(F)cccc1F. The van der Waals surface area contributed by atoms with Gasteiger partial charge in [-0.15, -0.1) is 0 Å². The predicted molar refractivity (Wildman–Crippen MR) is 79.3 cm³/mol. The Kier molecular flexibility index (Phi) is 5.12. The lowest BCUT2D eigenvalue weighted by molar-refractivity contribution is 0.336. The smallest absolute Gasteiger partial charge is 0.129 e. The molecule has 1 nitrogen and oxygen atoms in total. The van der Waals surface area contributed by atoms with Crippen molar-refractivity contribution in [1.82, 2.24) is 0 Å². The summed E-state index contributed by atoms with van der Waals surface area (Å²) in [5, 5.41) is 0. The zero-order valence-corrected chi connectivity index (χ0v) is 12.7. The van der Waals surface area contributed by atoms with Gasteiger partial charge in [0.25, 0.3) is 0 Å². The Labute approximate surface area is 125 Å². The number of benzene rings is 2. The van der Waals surface area contributed by atoms with Crippen LogP contribution in [0.5, 0.6) is 5.75 Å². The van der Waals surface area contributed by atoms with Gasteiger partial charge in [-0.05, 0) is 31.5 Å². The third-order valence-electron chi connectivity index (χ3n) is 3.00. The number of alkyl halides is 1. The fourth-order valence-electron chi connectivity index (χ4n) is 2.04. The van der Waals surface area contributed by atoms with Gasteiger partial charge in [0.2, 0.25) is 0 Å². The van der Waals surface area contributed by atoms with Crippen molar-refractivity contribution in [3.8, 4) is 5.75 Å². The van der Waals surface area contributed by atoms with Crippen molar-refractivity contribution in [2.75, 3.05) is 6.61 Å². The highest BCUT2D eigenvalue weighted by Crippen LogP contribution is 2.34. The Balaban J connectivity index is 2.26. The molecule has 106 valence electrons. The van der Waals surface area contributed by atoms with Crippen LogP contribution in [0.15, 0.2) is 42.5 Å². The summed E-state index contributed by atoms with van der Waals surface area (Å²) in [5.74, 6) is -0.319. The van der Waals surface area contributed by atoms with Gasteiger partial charge in [0, 0.05) is 16.0 Å². The van der Waals surface area contributed by atoms with Crippen LogP contribution in [0.1, 0.15) is 22.9 Å². The van der Waals surface area contributed by atoms with Gasteiger partial charge in [-0.3, -0.25) is 0 Å². The number of rotatable bonds is 5. The molecule has 0 heterocycles. The van der Waals surface area contributed by atoms with Crippen molar-refractivity contribution in [1.29, 1.82) is 0 Å². The maximum Gasteiger partial charge on any atom is 0.129 e. The molecule has 2 rings (SSSR count). The van der Waals surface area contributed by atoms with E-state index in [1.165, 1.54) is 18.2 Å². The molecule has 4 heteroatoms. The first-order valence-electron chi connectivity index (χ1n) is 6.42. The van der Waals surface area contributed by atoms with Crippen molar-refractivity contribution < 1.29 is 13.5 Å². The van der Waals surface area contributed by atoms with E-state index in [-0.39, 0.29) is 16.8 Å². The summed E-state index contributed by atoms with van der Waals surface area (Å²) < 4.78 is 32.9. The predicted octanol–water partition coefficient (Wildman–Crippen LogP) is 5.04. The molecular formula is C16H15BrF2O. The van der Waals surface area contributed by atoms with E-state index in [0.29, 0.717) is 6.61 Å². The van der Waals surface area contributed by atoms with Crippen molar-refractivity contribution in [3.05, 3.63) is 65.2 Å². The van der Waals surface area contributed by atoms with Crippen LogP contribution in [0.4, 0.5) is 8.78 Å². The van der Waals surface area contributed by atoms with Crippen LogP contribution in [0, 0.1) is 11.6 Å². The summed E-state index contributed by atoms with van der Waals surface area (Å²) >= 11 is 3.50. The largest absolute Gasteiger partial charge is 0.494 e. The molecule has 0 amide bonds. The maximum atomic E-state index is 13.7. The van der Waals surface area contributed by atoms with E-state index in [2.05, 4.69) is 15.9 Å². The first-order chi connectivity index (χ1) is 9.63. The van der Waals surface area contributed by atoms with E-state index in [1.807, 2.05) is 31.2 Å². The van der Waals surface area contributed by atoms with Crippen LogP contribution in [0.3, 0.4) is 0 Å².